The number of hydrogen-bond acceptors (Lipinski definition) is 0. The van der Waals surface area contributed by atoms with Gasteiger partial charge in [0.2, 0.25) is 0 Å². The van der Waals surface area contributed by atoms with Gasteiger partial charge in [0, 0.05) is 0 Å². The molecule has 0 aromatic heterocycles. The second-order valence-electron chi connectivity index (χ2n) is 9.44. The normalized spacial score (nSPS) is 13.1. The zero-order valence-corrected chi connectivity index (χ0v) is 22.5. The molecule has 0 N–H and O–H groups in total. The fourth-order valence-electron chi connectivity index (χ4n) is 5.97. The molecule has 0 saturated heterocycles. The predicted molar refractivity (Wildman–Crippen MR) is 154 cm³/mol. The average Bonchev–Trinajstić information content (AvgIpc) is 2.87. The molecule has 0 radical (unpaired) electrons. The maximum atomic E-state index is 2.48. The minimum atomic E-state index is -2.18. The third kappa shape index (κ3) is 5.19. The molecule has 3 aromatic rings. The first-order chi connectivity index (χ1) is 15.7. The summed E-state index contributed by atoms with van der Waals surface area (Å²) in [7, 11) is 0. The quantitative estimate of drug-likeness (QED) is 0.226. The number of hydrogen-bond donors (Lipinski definition) is 0. The van der Waals surface area contributed by atoms with Crippen molar-refractivity contribution < 1.29 is 0 Å². The summed E-state index contributed by atoms with van der Waals surface area (Å²) in [6.07, 6.45) is 12.4. The Balaban J connectivity index is 2.43. The molecule has 0 fully saturated rings. The molecule has 0 heterocycles. The summed E-state index contributed by atoms with van der Waals surface area (Å²) in [5.41, 5.74) is 0. The van der Waals surface area contributed by atoms with E-state index < -0.39 is 13.9 Å². The molecule has 0 aliphatic rings. The van der Waals surface area contributed by atoms with Crippen molar-refractivity contribution in [3.63, 3.8) is 0 Å². The van der Waals surface area contributed by atoms with Crippen molar-refractivity contribution in [1.29, 1.82) is 0 Å². The Kier molecular flexibility index (Phi) is 9.96. The van der Waals surface area contributed by atoms with E-state index in [1.165, 1.54) is 57.0 Å². The van der Waals surface area contributed by atoms with Crippen molar-refractivity contribution in [2.45, 2.75) is 59.3 Å². The summed E-state index contributed by atoms with van der Waals surface area (Å²) in [5.74, 6) is 0. The molecule has 0 saturated carbocycles. The molecule has 2 heteroatoms. The molecule has 174 valence electrons. The Morgan fingerprint density at radius 3 is 0.969 bits per heavy atom. The number of rotatable bonds is 13. The second-order valence-corrected chi connectivity index (χ2v) is 22.2. The van der Waals surface area contributed by atoms with Crippen molar-refractivity contribution in [3.8, 4) is 0 Å². The van der Waals surface area contributed by atoms with Crippen LogP contribution in [0.2, 0.25) is 0 Å². The van der Waals surface area contributed by atoms with Crippen LogP contribution in [0.15, 0.2) is 91.0 Å². The molecule has 0 amide bonds. The van der Waals surface area contributed by atoms with Crippen molar-refractivity contribution in [1.82, 2.24) is 0 Å². The van der Waals surface area contributed by atoms with E-state index in [1.54, 1.807) is 15.9 Å². The maximum absolute atomic E-state index is 2.48. The standard InChI is InChI=1S/C30H44P2/c1-4-7-25-31(26-8-5-2,27-9-6-3)32(28-19-13-10-14-20-28,29-21-15-11-16-22-29)30-23-17-12-18-24-30/h10-24,31-32H,4-9,25-27H2,1-3H3. The zero-order chi connectivity index (χ0) is 22.7. The monoisotopic (exact) mass is 466 g/mol. The first kappa shape index (κ1) is 25.1. The van der Waals surface area contributed by atoms with Gasteiger partial charge in [0.25, 0.3) is 0 Å². The molecular weight excluding hydrogens is 422 g/mol. The van der Waals surface area contributed by atoms with Gasteiger partial charge in [-0.1, -0.05) is 0 Å². The molecule has 0 unspecified atom stereocenters. The van der Waals surface area contributed by atoms with E-state index in [1.807, 2.05) is 0 Å². The van der Waals surface area contributed by atoms with Crippen LogP contribution in [0.3, 0.4) is 0 Å². The molecule has 0 spiro atoms. The van der Waals surface area contributed by atoms with Gasteiger partial charge in [0.1, 0.15) is 0 Å². The predicted octanol–water partition coefficient (Wildman–Crippen LogP) is 7.78. The third-order valence-electron chi connectivity index (χ3n) is 7.44. The minimum absolute atomic E-state index is 1.30. The van der Waals surface area contributed by atoms with Gasteiger partial charge in [0.15, 0.2) is 0 Å². The summed E-state index contributed by atoms with van der Waals surface area (Å²) in [4.78, 5) is 0. The van der Waals surface area contributed by atoms with E-state index in [4.69, 9.17) is 0 Å². The second kappa shape index (κ2) is 12.7. The van der Waals surface area contributed by atoms with Gasteiger partial charge in [-0.15, -0.1) is 0 Å². The van der Waals surface area contributed by atoms with Crippen LogP contribution in [-0.4, -0.2) is 18.5 Å². The molecule has 0 bridgehead atoms. The van der Waals surface area contributed by atoms with Crippen molar-refractivity contribution in [3.05, 3.63) is 91.0 Å². The first-order valence-corrected chi connectivity index (χ1v) is 18.5. The Bertz CT molecular complexity index is 771. The van der Waals surface area contributed by atoms with E-state index >= 15 is 0 Å². The van der Waals surface area contributed by atoms with Crippen LogP contribution in [0, 0.1) is 0 Å². The van der Waals surface area contributed by atoms with Crippen LogP contribution in [0.1, 0.15) is 59.3 Å². The van der Waals surface area contributed by atoms with Crippen molar-refractivity contribution in [2.75, 3.05) is 18.5 Å². The van der Waals surface area contributed by atoms with E-state index in [2.05, 4.69) is 112 Å². The Morgan fingerprint density at radius 1 is 0.438 bits per heavy atom. The van der Waals surface area contributed by atoms with Crippen LogP contribution in [0.4, 0.5) is 0 Å². The molecular formula is C30H44P2. The Labute approximate surface area is 198 Å². The molecule has 0 aliphatic carbocycles. The first-order valence-electron chi connectivity index (χ1n) is 12.9. The van der Waals surface area contributed by atoms with E-state index in [0.717, 1.165) is 0 Å². The summed E-state index contributed by atoms with van der Waals surface area (Å²) < 4.78 is 0. The number of unbranched alkanes of at least 4 members (excludes halogenated alkanes) is 3. The summed E-state index contributed by atoms with van der Waals surface area (Å²) in [6.45, 7) is 3.26. The molecule has 0 atom stereocenters. The Morgan fingerprint density at radius 2 is 0.719 bits per heavy atom. The third-order valence-corrected chi connectivity index (χ3v) is 26.2. The van der Waals surface area contributed by atoms with Crippen LogP contribution in [0.25, 0.3) is 0 Å². The van der Waals surface area contributed by atoms with Crippen LogP contribution >= 0.6 is 13.9 Å². The fraction of sp³-hybridized carbons (Fsp3) is 0.400. The van der Waals surface area contributed by atoms with Crippen LogP contribution < -0.4 is 15.9 Å². The Hall–Kier alpha value is -1.48. The van der Waals surface area contributed by atoms with E-state index in [9.17, 15) is 0 Å². The summed E-state index contributed by atoms with van der Waals surface area (Å²) >= 11 is 0. The summed E-state index contributed by atoms with van der Waals surface area (Å²) in [6, 6.07) is 35.3. The van der Waals surface area contributed by atoms with Gasteiger partial charge >= 0.3 is 199 Å². The van der Waals surface area contributed by atoms with Gasteiger partial charge in [-0.3, -0.25) is 0 Å². The van der Waals surface area contributed by atoms with E-state index in [-0.39, 0.29) is 0 Å². The topological polar surface area (TPSA) is 0 Å². The van der Waals surface area contributed by atoms with Gasteiger partial charge in [-0.05, 0) is 0 Å². The summed E-state index contributed by atoms with van der Waals surface area (Å²) in [5, 5.41) is 4.94. The molecule has 3 rings (SSSR count). The molecule has 32 heavy (non-hydrogen) atoms. The van der Waals surface area contributed by atoms with Crippen molar-refractivity contribution >= 4 is 29.8 Å². The van der Waals surface area contributed by atoms with Gasteiger partial charge < -0.3 is 0 Å². The van der Waals surface area contributed by atoms with Gasteiger partial charge in [-0.25, -0.2) is 0 Å². The molecule has 0 nitrogen and oxygen atoms in total. The SMILES string of the molecule is CCCC[PH](CCCC)(CCCC)[PH](c1ccccc1)(c1ccccc1)c1ccccc1. The van der Waals surface area contributed by atoms with Gasteiger partial charge in [0.05, 0.1) is 0 Å². The van der Waals surface area contributed by atoms with Crippen LogP contribution in [0.5, 0.6) is 0 Å². The van der Waals surface area contributed by atoms with E-state index in [0.29, 0.717) is 0 Å². The fourth-order valence-corrected chi connectivity index (χ4v) is 27.8. The zero-order valence-electron chi connectivity index (χ0n) is 20.5. The van der Waals surface area contributed by atoms with Crippen molar-refractivity contribution in [2.24, 2.45) is 0 Å². The number of benzene rings is 3. The molecule has 0 aliphatic heterocycles. The average molecular weight is 467 g/mol. The van der Waals surface area contributed by atoms with Gasteiger partial charge in [-0.2, -0.15) is 0 Å². The molecule has 3 aromatic carbocycles. The van der Waals surface area contributed by atoms with Crippen LogP contribution in [-0.2, 0) is 0 Å².